The fraction of sp³-hybridized carbons (Fsp3) is 0.421. The molecule has 1 aliphatic rings. The zero-order valence-corrected chi connectivity index (χ0v) is 16.0. The van der Waals surface area contributed by atoms with Crippen LogP contribution in [0, 0.1) is 16.0 Å². The summed E-state index contributed by atoms with van der Waals surface area (Å²) in [6, 6.07) is 5.93. The van der Waals surface area contributed by atoms with Crippen LogP contribution in [-0.4, -0.2) is 57.6 Å². The molecule has 0 radical (unpaired) electrons. The second-order valence-electron chi connectivity index (χ2n) is 7.10. The minimum absolute atomic E-state index is 0.00488. The van der Waals surface area contributed by atoms with Crippen molar-refractivity contribution in [2.75, 3.05) is 26.2 Å². The number of nitrogens with one attached hydrogen (secondary N) is 1. The van der Waals surface area contributed by atoms with Crippen molar-refractivity contribution in [3.8, 4) is 5.69 Å². The Morgan fingerprint density at radius 2 is 2.07 bits per heavy atom. The Morgan fingerprint density at radius 3 is 2.76 bits per heavy atom. The van der Waals surface area contributed by atoms with E-state index < -0.39 is 4.92 Å². The Kier molecular flexibility index (Phi) is 6.55. The summed E-state index contributed by atoms with van der Waals surface area (Å²) in [7, 11) is 0. The molecule has 1 atom stereocenters. The molecule has 3 rings (SSSR count). The van der Waals surface area contributed by atoms with E-state index in [1.165, 1.54) is 23.0 Å². The van der Waals surface area contributed by atoms with Crippen LogP contribution < -0.4 is 11.1 Å². The molecule has 154 valence electrons. The number of aromatic nitrogens is 2. The minimum atomic E-state index is -0.469. The zero-order valence-electron chi connectivity index (χ0n) is 16.0. The van der Waals surface area contributed by atoms with E-state index in [1.54, 1.807) is 18.3 Å². The van der Waals surface area contributed by atoms with Gasteiger partial charge in [0.2, 0.25) is 5.91 Å². The third-order valence-electron chi connectivity index (χ3n) is 5.01. The fourth-order valence-electron chi connectivity index (χ4n) is 3.41. The van der Waals surface area contributed by atoms with Crippen LogP contribution in [0.25, 0.3) is 5.69 Å². The Bertz CT molecular complexity index is 879. The van der Waals surface area contributed by atoms with Gasteiger partial charge >= 0.3 is 0 Å². The maximum absolute atomic E-state index is 12.3. The molecule has 1 aliphatic heterocycles. The second-order valence-corrected chi connectivity index (χ2v) is 7.10. The lowest BCUT2D eigenvalue weighted by Crippen LogP contribution is -2.42. The van der Waals surface area contributed by atoms with Crippen LogP contribution in [-0.2, 0) is 4.79 Å². The highest BCUT2D eigenvalue weighted by Gasteiger charge is 2.23. The quantitative estimate of drug-likeness (QED) is 0.387. The Hall–Kier alpha value is -3.27. The molecule has 1 fully saturated rings. The van der Waals surface area contributed by atoms with Crippen LogP contribution in [0.2, 0.25) is 0 Å². The molecule has 0 aliphatic carbocycles. The van der Waals surface area contributed by atoms with E-state index in [0.717, 1.165) is 32.4 Å². The largest absolute Gasteiger partial charge is 0.369 e. The maximum Gasteiger partial charge on any atom is 0.269 e. The number of hydrogen-bond acceptors (Lipinski definition) is 6. The van der Waals surface area contributed by atoms with Gasteiger partial charge in [0.1, 0.15) is 0 Å². The summed E-state index contributed by atoms with van der Waals surface area (Å²) < 4.78 is 1.50. The highest BCUT2D eigenvalue weighted by Crippen LogP contribution is 2.16. The smallest absolute Gasteiger partial charge is 0.269 e. The normalized spacial score (nSPS) is 17.0. The molecular formula is C19H24N6O4. The van der Waals surface area contributed by atoms with Crippen LogP contribution in [0.5, 0.6) is 0 Å². The van der Waals surface area contributed by atoms with E-state index in [1.807, 2.05) is 0 Å². The van der Waals surface area contributed by atoms with Gasteiger partial charge in [0, 0.05) is 31.4 Å². The molecule has 2 amide bonds. The number of piperidine rings is 1. The van der Waals surface area contributed by atoms with Crippen molar-refractivity contribution in [1.29, 1.82) is 0 Å². The van der Waals surface area contributed by atoms with Gasteiger partial charge in [0.05, 0.1) is 28.3 Å². The number of benzene rings is 1. The topological polar surface area (TPSA) is 136 Å². The lowest BCUT2D eigenvalue weighted by molar-refractivity contribution is -0.384. The van der Waals surface area contributed by atoms with Gasteiger partial charge < -0.3 is 16.0 Å². The number of primary amides is 1. The molecular weight excluding hydrogens is 376 g/mol. The van der Waals surface area contributed by atoms with Crippen molar-refractivity contribution in [3.63, 3.8) is 0 Å². The average molecular weight is 400 g/mol. The van der Waals surface area contributed by atoms with E-state index in [2.05, 4.69) is 15.3 Å². The third kappa shape index (κ3) is 5.38. The van der Waals surface area contributed by atoms with E-state index in [0.29, 0.717) is 24.3 Å². The summed E-state index contributed by atoms with van der Waals surface area (Å²) >= 11 is 0. The number of nitrogens with zero attached hydrogens (tertiary/aromatic N) is 4. The van der Waals surface area contributed by atoms with Crippen molar-refractivity contribution in [1.82, 2.24) is 20.0 Å². The molecule has 0 saturated carbocycles. The van der Waals surface area contributed by atoms with Gasteiger partial charge in [-0.05, 0) is 44.5 Å². The first kappa shape index (κ1) is 20.5. The molecule has 1 aromatic carbocycles. The molecule has 10 heteroatoms. The summed E-state index contributed by atoms with van der Waals surface area (Å²) in [5.74, 6) is -0.552. The highest BCUT2D eigenvalue weighted by atomic mass is 16.6. The second kappa shape index (κ2) is 9.28. The Morgan fingerprint density at radius 1 is 1.31 bits per heavy atom. The monoisotopic (exact) mass is 400 g/mol. The average Bonchev–Trinajstić information content (AvgIpc) is 3.22. The standard InChI is InChI=1S/C19H24N6O4/c20-18(26)14-3-1-9-23(12-14)10-2-8-21-19(27)15-11-22-24(13-15)16-4-6-17(7-5-16)25(28)29/h4-7,11,13-14H,1-3,8-10,12H2,(H2,20,26)(H,21,27). The lowest BCUT2D eigenvalue weighted by Gasteiger charge is -2.31. The maximum atomic E-state index is 12.3. The van der Waals surface area contributed by atoms with Crippen molar-refractivity contribution >= 4 is 17.5 Å². The molecule has 1 unspecified atom stereocenters. The first-order valence-corrected chi connectivity index (χ1v) is 9.53. The molecule has 29 heavy (non-hydrogen) atoms. The van der Waals surface area contributed by atoms with Gasteiger partial charge in [-0.25, -0.2) is 4.68 Å². The molecule has 2 heterocycles. The lowest BCUT2D eigenvalue weighted by atomic mass is 9.97. The molecule has 1 aromatic heterocycles. The van der Waals surface area contributed by atoms with E-state index in [4.69, 9.17) is 5.73 Å². The predicted octanol–water partition coefficient (Wildman–Crippen LogP) is 1.10. The molecule has 0 bridgehead atoms. The van der Waals surface area contributed by atoms with Crippen LogP contribution in [0.4, 0.5) is 5.69 Å². The van der Waals surface area contributed by atoms with Crippen LogP contribution in [0.3, 0.4) is 0 Å². The number of non-ortho nitro benzene ring substituents is 1. The molecule has 3 N–H and O–H groups in total. The molecule has 0 spiro atoms. The molecule has 2 aromatic rings. The Balaban J connectivity index is 1.45. The Labute approximate surface area is 167 Å². The summed E-state index contributed by atoms with van der Waals surface area (Å²) in [6.07, 6.45) is 5.62. The number of nitro benzene ring substituents is 1. The zero-order chi connectivity index (χ0) is 20.8. The highest BCUT2D eigenvalue weighted by molar-refractivity contribution is 5.93. The van der Waals surface area contributed by atoms with E-state index in [-0.39, 0.29) is 23.4 Å². The third-order valence-corrected chi connectivity index (χ3v) is 5.01. The van der Waals surface area contributed by atoms with Gasteiger partial charge in [-0.1, -0.05) is 0 Å². The van der Waals surface area contributed by atoms with Crippen LogP contribution >= 0.6 is 0 Å². The summed E-state index contributed by atoms with van der Waals surface area (Å²) in [5, 5.41) is 17.7. The summed E-state index contributed by atoms with van der Waals surface area (Å²) in [5.41, 5.74) is 6.43. The first-order valence-electron chi connectivity index (χ1n) is 9.53. The number of hydrogen-bond donors (Lipinski definition) is 2. The SMILES string of the molecule is NC(=O)C1CCCN(CCCNC(=O)c2cnn(-c3ccc([N+](=O)[O-])cc3)c2)C1. The number of carbonyl (C=O) groups excluding carboxylic acids is 2. The number of nitrogens with two attached hydrogens (primary N) is 1. The summed E-state index contributed by atoms with van der Waals surface area (Å²) in [6.45, 7) is 2.94. The van der Waals surface area contributed by atoms with Crippen LogP contribution in [0.15, 0.2) is 36.7 Å². The van der Waals surface area contributed by atoms with Gasteiger partial charge in [-0.3, -0.25) is 19.7 Å². The molecule has 1 saturated heterocycles. The first-order chi connectivity index (χ1) is 13.9. The van der Waals surface area contributed by atoms with Crippen molar-refractivity contribution in [3.05, 3.63) is 52.3 Å². The number of amides is 2. The van der Waals surface area contributed by atoms with Gasteiger partial charge in [-0.2, -0.15) is 5.10 Å². The number of rotatable bonds is 8. The number of nitro groups is 1. The van der Waals surface area contributed by atoms with Gasteiger partial charge in [0.25, 0.3) is 11.6 Å². The van der Waals surface area contributed by atoms with Gasteiger partial charge in [0.15, 0.2) is 0 Å². The minimum Gasteiger partial charge on any atom is -0.369 e. The van der Waals surface area contributed by atoms with E-state index in [9.17, 15) is 19.7 Å². The van der Waals surface area contributed by atoms with E-state index >= 15 is 0 Å². The fourth-order valence-corrected chi connectivity index (χ4v) is 3.41. The van der Waals surface area contributed by atoms with Gasteiger partial charge in [-0.15, -0.1) is 0 Å². The van der Waals surface area contributed by atoms with Crippen molar-refractivity contribution < 1.29 is 14.5 Å². The van der Waals surface area contributed by atoms with Crippen molar-refractivity contribution in [2.24, 2.45) is 11.7 Å². The summed E-state index contributed by atoms with van der Waals surface area (Å²) in [4.78, 5) is 36.1. The van der Waals surface area contributed by atoms with Crippen LogP contribution in [0.1, 0.15) is 29.6 Å². The number of carbonyl (C=O) groups is 2. The number of likely N-dealkylation sites (tertiary alicyclic amines) is 1. The van der Waals surface area contributed by atoms with Crippen molar-refractivity contribution in [2.45, 2.75) is 19.3 Å². The predicted molar refractivity (Wildman–Crippen MR) is 106 cm³/mol. The molecule has 10 nitrogen and oxygen atoms in total.